The second kappa shape index (κ2) is 3.88. The molecule has 3 nitrogen and oxygen atoms in total. The molecule has 0 fully saturated rings. The molecule has 0 saturated heterocycles. The molecule has 14 heavy (non-hydrogen) atoms. The van der Waals surface area contributed by atoms with E-state index in [9.17, 15) is 9.90 Å². The molecule has 0 saturated carbocycles. The number of hydrogen-bond acceptors (Lipinski definition) is 2. The second-order valence-corrected chi connectivity index (χ2v) is 3.59. The number of anilines is 1. The zero-order valence-corrected chi connectivity index (χ0v) is 9.07. The topological polar surface area (TPSA) is 49.3 Å². The molecule has 1 aromatic rings. The van der Waals surface area contributed by atoms with Gasteiger partial charge in [0.15, 0.2) is 0 Å². The molecule has 0 bridgehead atoms. The summed E-state index contributed by atoms with van der Waals surface area (Å²) in [4.78, 5) is 10.8. The smallest absolute Gasteiger partial charge is 0.221 e. The van der Waals surface area contributed by atoms with Gasteiger partial charge in [-0.1, -0.05) is 11.6 Å². The first-order valence-electron chi connectivity index (χ1n) is 4.19. The van der Waals surface area contributed by atoms with E-state index in [-0.39, 0.29) is 11.7 Å². The number of phenolic OH excluding ortho intramolecular Hbond substituents is 1. The number of aryl methyl sites for hydroxylation is 1. The minimum absolute atomic E-state index is 0.0413. The van der Waals surface area contributed by atoms with Crippen LogP contribution in [0.25, 0.3) is 0 Å². The van der Waals surface area contributed by atoms with Gasteiger partial charge in [0.2, 0.25) is 5.91 Å². The summed E-state index contributed by atoms with van der Waals surface area (Å²) in [5.41, 5.74) is 1.85. The van der Waals surface area contributed by atoms with E-state index >= 15 is 0 Å². The first-order valence-corrected chi connectivity index (χ1v) is 4.57. The summed E-state index contributed by atoms with van der Waals surface area (Å²) in [6.07, 6.45) is 0. The molecular weight excluding hydrogens is 202 g/mol. The zero-order chi connectivity index (χ0) is 10.9. The summed E-state index contributed by atoms with van der Waals surface area (Å²) in [7, 11) is 0. The second-order valence-electron chi connectivity index (χ2n) is 3.21. The van der Waals surface area contributed by atoms with Crippen molar-refractivity contribution in [3.63, 3.8) is 0 Å². The molecule has 0 spiro atoms. The zero-order valence-electron chi connectivity index (χ0n) is 8.31. The number of phenols is 1. The van der Waals surface area contributed by atoms with Gasteiger partial charge in [0.1, 0.15) is 5.75 Å². The van der Waals surface area contributed by atoms with Crippen LogP contribution in [0.15, 0.2) is 6.07 Å². The van der Waals surface area contributed by atoms with Crippen LogP contribution in [0.1, 0.15) is 18.1 Å². The Morgan fingerprint density at radius 1 is 1.50 bits per heavy atom. The predicted molar refractivity (Wildman–Crippen MR) is 56.9 cm³/mol. The third-order valence-electron chi connectivity index (χ3n) is 1.96. The monoisotopic (exact) mass is 213 g/mol. The average molecular weight is 214 g/mol. The molecular formula is C10H12ClNO2. The Morgan fingerprint density at radius 3 is 2.57 bits per heavy atom. The van der Waals surface area contributed by atoms with Crippen LogP contribution in [0.2, 0.25) is 5.02 Å². The van der Waals surface area contributed by atoms with E-state index in [0.717, 1.165) is 5.56 Å². The Hall–Kier alpha value is -1.22. The minimum atomic E-state index is -0.233. The van der Waals surface area contributed by atoms with Crippen molar-refractivity contribution in [1.29, 1.82) is 0 Å². The Labute approximate surface area is 87.7 Å². The SMILES string of the molecule is CC(=O)Nc1c(O)cc(C)c(Cl)c1C. The molecule has 1 amide bonds. The van der Waals surface area contributed by atoms with E-state index in [1.165, 1.54) is 13.0 Å². The molecule has 4 heteroatoms. The lowest BCUT2D eigenvalue weighted by Gasteiger charge is -2.12. The molecule has 0 heterocycles. The molecule has 0 aliphatic heterocycles. The number of carbonyl (C=O) groups is 1. The van der Waals surface area contributed by atoms with Gasteiger partial charge in [-0.05, 0) is 31.0 Å². The van der Waals surface area contributed by atoms with Crippen LogP contribution >= 0.6 is 11.6 Å². The fraction of sp³-hybridized carbons (Fsp3) is 0.300. The van der Waals surface area contributed by atoms with Gasteiger partial charge in [-0.3, -0.25) is 4.79 Å². The van der Waals surface area contributed by atoms with Crippen molar-refractivity contribution < 1.29 is 9.90 Å². The van der Waals surface area contributed by atoms with Crippen molar-refractivity contribution in [2.75, 3.05) is 5.32 Å². The molecule has 0 aromatic heterocycles. The minimum Gasteiger partial charge on any atom is -0.506 e. The highest BCUT2D eigenvalue weighted by atomic mass is 35.5. The van der Waals surface area contributed by atoms with Crippen molar-refractivity contribution in [3.8, 4) is 5.75 Å². The van der Waals surface area contributed by atoms with E-state index < -0.39 is 0 Å². The van der Waals surface area contributed by atoms with E-state index in [2.05, 4.69) is 5.32 Å². The fourth-order valence-corrected chi connectivity index (χ4v) is 1.42. The number of nitrogens with one attached hydrogen (secondary N) is 1. The molecule has 0 aliphatic rings. The number of aromatic hydroxyl groups is 1. The summed E-state index contributed by atoms with van der Waals surface area (Å²) in [5.74, 6) is -0.192. The number of halogens is 1. The Bertz CT molecular complexity index is 388. The van der Waals surface area contributed by atoms with Crippen molar-refractivity contribution in [1.82, 2.24) is 0 Å². The fourth-order valence-electron chi connectivity index (χ4n) is 1.27. The Morgan fingerprint density at radius 2 is 2.07 bits per heavy atom. The largest absolute Gasteiger partial charge is 0.506 e. The third-order valence-corrected chi connectivity index (χ3v) is 2.54. The molecule has 0 radical (unpaired) electrons. The van der Waals surface area contributed by atoms with Gasteiger partial charge in [0.05, 0.1) is 5.69 Å². The van der Waals surface area contributed by atoms with Crippen LogP contribution in [0, 0.1) is 13.8 Å². The maximum atomic E-state index is 10.8. The lowest BCUT2D eigenvalue weighted by molar-refractivity contribution is -0.114. The summed E-state index contributed by atoms with van der Waals surface area (Å²) in [6.45, 7) is 4.93. The van der Waals surface area contributed by atoms with Crippen molar-refractivity contribution in [3.05, 3.63) is 22.2 Å². The normalized spacial score (nSPS) is 10.0. The van der Waals surface area contributed by atoms with Gasteiger partial charge in [0, 0.05) is 11.9 Å². The summed E-state index contributed by atoms with van der Waals surface area (Å²) < 4.78 is 0. The number of carbonyl (C=O) groups excluding carboxylic acids is 1. The number of rotatable bonds is 1. The van der Waals surface area contributed by atoms with E-state index in [1.54, 1.807) is 13.8 Å². The standard InChI is InChI=1S/C10H12ClNO2/c1-5-4-8(14)10(12-7(3)13)6(2)9(5)11/h4,14H,1-3H3,(H,12,13). The third kappa shape index (κ3) is 1.99. The molecule has 0 unspecified atom stereocenters. The van der Waals surface area contributed by atoms with Crippen molar-refractivity contribution in [2.45, 2.75) is 20.8 Å². The number of amides is 1. The maximum absolute atomic E-state index is 10.8. The molecule has 0 aliphatic carbocycles. The highest BCUT2D eigenvalue weighted by molar-refractivity contribution is 6.32. The number of hydrogen-bond donors (Lipinski definition) is 2. The highest BCUT2D eigenvalue weighted by Gasteiger charge is 2.11. The Balaban J connectivity index is 3.29. The van der Waals surface area contributed by atoms with E-state index in [0.29, 0.717) is 16.3 Å². The first-order chi connectivity index (χ1) is 6.43. The van der Waals surface area contributed by atoms with Gasteiger partial charge in [-0.25, -0.2) is 0 Å². The molecule has 1 rings (SSSR count). The Kier molecular flexibility index (Phi) is 3.01. The van der Waals surface area contributed by atoms with E-state index in [4.69, 9.17) is 11.6 Å². The summed E-state index contributed by atoms with van der Waals surface area (Å²) in [5, 5.41) is 12.7. The van der Waals surface area contributed by atoms with Gasteiger partial charge < -0.3 is 10.4 Å². The van der Waals surface area contributed by atoms with E-state index in [1.807, 2.05) is 0 Å². The van der Waals surface area contributed by atoms with Crippen LogP contribution in [0.5, 0.6) is 5.75 Å². The highest BCUT2D eigenvalue weighted by Crippen LogP contribution is 2.34. The first kappa shape index (κ1) is 10.9. The van der Waals surface area contributed by atoms with Crippen LogP contribution in [-0.4, -0.2) is 11.0 Å². The molecule has 2 N–H and O–H groups in total. The van der Waals surface area contributed by atoms with Crippen LogP contribution < -0.4 is 5.32 Å². The van der Waals surface area contributed by atoms with Crippen molar-refractivity contribution in [2.24, 2.45) is 0 Å². The lowest BCUT2D eigenvalue weighted by atomic mass is 10.1. The van der Waals surface area contributed by atoms with Gasteiger partial charge in [-0.2, -0.15) is 0 Å². The molecule has 0 atom stereocenters. The summed E-state index contributed by atoms with van der Waals surface area (Å²) >= 11 is 5.98. The van der Waals surface area contributed by atoms with Crippen LogP contribution in [-0.2, 0) is 4.79 Å². The maximum Gasteiger partial charge on any atom is 0.221 e. The average Bonchev–Trinajstić information content (AvgIpc) is 2.09. The predicted octanol–water partition coefficient (Wildman–Crippen LogP) is 2.62. The van der Waals surface area contributed by atoms with Crippen molar-refractivity contribution >= 4 is 23.2 Å². The molecule has 1 aromatic carbocycles. The van der Waals surface area contributed by atoms with Crippen LogP contribution in [0.3, 0.4) is 0 Å². The molecule has 76 valence electrons. The van der Waals surface area contributed by atoms with Crippen LogP contribution in [0.4, 0.5) is 5.69 Å². The van der Waals surface area contributed by atoms with Gasteiger partial charge in [0.25, 0.3) is 0 Å². The lowest BCUT2D eigenvalue weighted by Crippen LogP contribution is -2.07. The quantitative estimate of drug-likeness (QED) is 0.705. The number of benzene rings is 1. The van der Waals surface area contributed by atoms with Gasteiger partial charge >= 0.3 is 0 Å². The van der Waals surface area contributed by atoms with Gasteiger partial charge in [-0.15, -0.1) is 0 Å². The summed E-state index contributed by atoms with van der Waals surface area (Å²) in [6, 6.07) is 1.53.